The summed E-state index contributed by atoms with van der Waals surface area (Å²) >= 11 is 1.45. The van der Waals surface area contributed by atoms with Crippen LogP contribution < -0.4 is 0 Å². The Hall–Kier alpha value is -1.16. The van der Waals surface area contributed by atoms with Crippen LogP contribution in [0, 0.1) is 0 Å². The molecule has 0 aromatic carbocycles. The van der Waals surface area contributed by atoms with E-state index < -0.39 is 5.97 Å². The third kappa shape index (κ3) is 2.17. The van der Waals surface area contributed by atoms with Gasteiger partial charge in [0.05, 0.1) is 0 Å². The van der Waals surface area contributed by atoms with E-state index in [1.807, 2.05) is 12.3 Å². The minimum absolute atomic E-state index is 0.694. The first-order valence-corrected chi connectivity index (χ1v) is 4.45. The first-order chi connectivity index (χ1) is 5.74. The molecule has 1 rings (SSSR count). The van der Waals surface area contributed by atoms with Gasteiger partial charge in [0.2, 0.25) is 0 Å². The van der Waals surface area contributed by atoms with Crippen LogP contribution >= 0.6 is 11.3 Å². The van der Waals surface area contributed by atoms with Gasteiger partial charge in [-0.1, -0.05) is 6.92 Å². The van der Waals surface area contributed by atoms with Crippen LogP contribution in [0.5, 0.6) is 0 Å². The van der Waals surface area contributed by atoms with Crippen molar-refractivity contribution < 1.29 is 9.90 Å². The van der Waals surface area contributed by atoms with Crippen LogP contribution in [0.15, 0.2) is 17.7 Å². The maximum absolute atomic E-state index is 10.4. The van der Waals surface area contributed by atoms with Crippen LogP contribution in [0.25, 0.3) is 5.57 Å². The second-order valence-electron chi connectivity index (χ2n) is 2.20. The Balaban J connectivity index is 2.91. The minimum Gasteiger partial charge on any atom is -0.478 e. The molecule has 0 atom stereocenters. The zero-order valence-electron chi connectivity index (χ0n) is 6.65. The number of carboxylic acids is 1. The quantitative estimate of drug-likeness (QED) is 0.729. The molecule has 12 heavy (non-hydrogen) atoms. The minimum atomic E-state index is -0.915. The van der Waals surface area contributed by atoms with Gasteiger partial charge in [0.15, 0.2) is 0 Å². The molecule has 0 bridgehead atoms. The average molecular weight is 183 g/mol. The number of nitrogens with zero attached hydrogens (tertiary/aromatic N) is 1. The van der Waals surface area contributed by atoms with Gasteiger partial charge in [-0.2, -0.15) is 0 Å². The fraction of sp³-hybridized carbons (Fsp3) is 0.250. The van der Waals surface area contributed by atoms with Crippen LogP contribution in [-0.4, -0.2) is 16.1 Å². The summed E-state index contributed by atoms with van der Waals surface area (Å²) in [6, 6.07) is 0. The van der Waals surface area contributed by atoms with E-state index in [-0.39, 0.29) is 0 Å². The summed E-state index contributed by atoms with van der Waals surface area (Å²) in [6.07, 6.45) is 3.57. The number of hydrogen-bond acceptors (Lipinski definition) is 3. The molecule has 0 aliphatic rings. The summed E-state index contributed by atoms with van der Waals surface area (Å²) < 4.78 is 0. The van der Waals surface area contributed by atoms with Gasteiger partial charge in [0.1, 0.15) is 5.01 Å². The molecular formula is C8H9NO2S. The van der Waals surface area contributed by atoms with Gasteiger partial charge in [-0.05, 0) is 12.0 Å². The maximum Gasteiger partial charge on any atom is 0.328 e. The summed E-state index contributed by atoms with van der Waals surface area (Å²) in [5.74, 6) is -0.915. The van der Waals surface area contributed by atoms with Gasteiger partial charge < -0.3 is 5.11 Å². The van der Waals surface area contributed by atoms with Crippen LogP contribution in [0.4, 0.5) is 0 Å². The van der Waals surface area contributed by atoms with E-state index in [9.17, 15) is 4.79 Å². The molecule has 1 aromatic heterocycles. The predicted octanol–water partition coefficient (Wildman–Crippen LogP) is 2.02. The Morgan fingerprint density at radius 3 is 3.00 bits per heavy atom. The molecule has 0 aliphatic heterocycles. The highest BCUT2D eigenvalue weighted by Gasteiger charge is 2.03. The number of allylic oxidation sites excluding steroid dienone is 1. The maximum atomic E-state index is 10.4. The van der Waals surface area contributed by atoms with Crippen LogP contribution in [0.2, 0.25) is 0 Å². The topological polar surface area (TPSA) is 50.2 Å². The van der Waals surface area contributed by atoms with E-state index in [2.05, 4.69) is 4.98 Å². The van der Waals surface area contributed by atoms with Crippen molar-refractivity contribution in [3.8, 4) is 0 Å². The number of carbonyl (C=O) groups is 1. The van der Waals surface area contributed by atoms with Gasteiger partial charge in [-0.25, -0.2) is 9.78 Å². The average Bonchev–Trinajstić information content (AvgIpc) is 2.51. The Morgan fingerprint density at radius 1 is 1.83 bits per heavy atom. The van der Waals surface area contributed by atoms with Crippen LogP contribution in [0.3, 0.4) is 0 Å². The standard InChI is InChI=1S/C8H9NO2S/c1-2-6(5-7(10)11)8-9-3-4-12-8/h3-5H,2H2,1H3,(H,10,11). The molecular weight excluding hydrogens is 174 g/mol. The third-order valence-electron chi connectivity index (χ3n) is 1.39. The molecule has 0 saturated heterocycles. The number of aliphatic carboxylic acids is 1. The Bertz CT molecular complexity index is 290. The number of thiazole rings is 1. The predicted molar refractivity (Wildman–Crippen MR) is 48.0 cm³/mol. The number of carboxylic acid groups (broad SMARTS) is 1. The largest absolute Gasteiger partial charge is 0.478 e. The van der Waals surface area contributed by atoms with Gasteiger partial charge >= 0.3 is 5.97 Å². The van der Waals surface area contributed by atoms with E-state index in [1.54, 1.807) is 6.20 Å². The van der Waals surface area contributed by atoms with E-state index in [4.69, 9.17) is 5.11 Å². The highest BCUT2D eigenvalue weighted by molar-refractivity contribution is 7.10. The first-order valence-electron chi connectivity index (χ1n) is 3.57. The molecule has 0 unspecified atom stereocenters. The van der Waals surface area contributed by atoms with Crippen LogP contribution in [0.1, 0.15) is 18.4 Å². The third-order valence-corrected chi connectivity index (χ3v) is 2.23. The summed E-state index contributed by atoms with van der Waals surface area (Å²) in [4.78, 5) is 14.4. The Labute approximate surface area is 74.4 Å². The van der Waals surface area contributed by atoms with E-state index in [1.165, 1.54) is 17.4 Å². The molecule has 1 N–H and O–H groups in total. The van der Waals surface area contributed by atoms with Gasteiger partial charge in [0, 0.05) is 17.7 Å². The fourth-order valence-electron chi connectivity index (χ4n) is 0.846. The van der Waals surface area contributed by atoms with Crippen molar-refractivity contribution in [1.82, 2.24) is 4.98 Å². The molecule has 0 amide bonds. The highest BCUT2D eigenvalue weighted by atomic mass is 32.1. The summed E-state index contributed by atoms with van der Waals surface area (Å²) in [5.41, 5.74) is 0.775. The van der Waals surface area contributed by atoms with Crippen molar-refractivity contribution in [2.75, 3.05) is 0 Å². The monoisotopic (exact) mass is 183 g/mol. The second-order valence-corrected chi connectivity index (χ2v) is 3.09. The lowest BCUT2D eigenvalue weighted by Crippen LogP contribution is -1.91. The fourth-order valence-corrected chi connectivity index (χ4v) is 1.57. The lowest BCUT2D eigenvalue weighted by molar-refractivity contribution is -0.131. The normalized spacial score (nSPS) is 11.6. The molecule has 4 heteroatoms. The lowest BCUT2D eigenvalue weighted by atomic mass is 10.2. The molecule has 0 saturated carbocycles. The van der Waals surface area contributed by atoms with Crippen molar-refractivity contribution in [2.45, 2.75) is 13.3 Å². The SMILES string of the molecule is CCC(=CC(=O)O)c1nccs1. The highest BCUT2D eigenvalue weighted by Crippen LogP contribution is 2.19. The molecule has 0 radical (unpaired) electrons. The van der Waals surface area contributed by atoms with Gasteiger partial charge in [-0.3, -0.25) is 0 Å². The van der Waals surface area contributed by atoms with E-state index in [0.29, 0.717) is 6.42 Å². The number of rotatable bonds is 3. The Morgan fingerprint density at radius 2 is 2.58 bits per heavy atom. The zero-order valence-corrected chi connectivity index (χ0v) is 7.47. The first kappa shape index (κ1) is 8.93. The van der Waals surface area contributed by atoms with Crippen molar-refractivity contribution in [3.05, 3.63) is 22.7 Å². The summed E-state index contributed by atoms with van der Waals surface area (Å²) in [5, 5.41) is 11.1. The molecule has 64 valence electrons. The van der Waals surface area contributed by atoms with Gasteiger partial charge in [-0.15, -0.1) is 11.3 Å². The summed E-state index contributed by atoms with van der Waals surface area (Å²) in [6.45, 7) is 1.91. The molecule has 3 nitrogen and oxygen atoms in total. The van der Waals surface area contributed by atoms with Crippen LogP contribution in [-0.2, 0) is 4.79 Å². The number of hydrogen-bond donors (Lipinski definition) is 1. The smallest absolute Gasteiger partial charge is 0.328 e. The molecule has 1 aromatic rings. The lowest BCUT2D eigenvalue weighted by Gasteiger charge is -1.96. The molecule has 0 fully saturated rings. The molecule has 0 spiro atoms. The van der Waals surface area contributed by atoms with Crippen molar-refractivity contribution in [2.24, 2.45) is 0 Å². The van der Waals surface area contributed by atoms with E-state index in [0.717, 1.165) is 10.6 Å². The van der Waals surface area contributed by atoms with Crippen molar-refractivity contribution in [1.29, 1.82) is 0 Å². The van der Waals surface area contributed by atoms with E-state index >= 15 is 0 Å². The summed E-state index contributed by atoms with van der Waals surface area (Å²) in [7, 11) is 0. The molecule has 0 aliphatic carbocycles. The zero-order chi connectivity index (χ0) is 8.97. The van der Waals surface area contributed by atoms with Crippen molar-refractivity contribution >= 4 is 22.9 Å². The Kier molecular flexibility index (Phi) is 2.99. The second kappa shape index (κ2) is 4.01. The number of aromatic nitrogens is 1. The molecule has 1 heterocycles. The van der Waals surface area contributed by atoms with Gasteiger partial charge in [0.25, 0.3) is 0 Å². The van der Waals surface area contributed by atoms with Crippen molar-refractivity contribution in [3.63, 3.8) is 0 Å².